The zero-order valence-corrected chi connectivity index (χ0v) is 5.29. The third-order valence-corrected chi connectivity index (χ3v) is 0.528. The van der Waals surface area contributed by atoms with Gasteiger partial charge in [0.05, 0.1) is 6.21 Å². The van der Waals surface area contributed by atoms with E-state index in [0.29, 0.717) is 6.61 Å². The highest BCUT2D eigenvalue weighted by Crippen LogP contribution is 1.81. The molecule has 0 N–H and O–H groups in total. The topological polar surface area (TPSA) is 21.6 Å². The highest BCUT2D eigenvalue weighted by Gasteiger charge is 1.77. The van der Waals surface area contributed by atoms with E-state index < -0.39 is 0 Å². The second kappa shape index (κ2) is 6.21. The number of rotatable bonds is 0. The second-order valence-corrected chi connectivity index (χ2v) is 0.978. The van der Waals surface area contributed by atoms with Crippen LogP contribution >= 0.6 is 0 Å². The number of nitrogens with zero attached hydrogens (tertiary/aromatic N) is 1. The van der Waals surface area contributed by atoms with Gasteiger partial charge in [0, 0.05) is 0 Å². The summed E-state index contributed by atoms with van der Waals surface area (Å²) in [5.74, 6) is 0. The molecule has 0 spiro atoms. The Morgan fingerprint density at radius 3 is 2.38 bits per heavy atom. The predicted octanol–water partition coefficient (Wildman–Crippen LogP) is 1.58. The lowest BCUT2D eigenvalue weighted by atomic mass is 10.5. The van der Waals surface area contributed by atoms with Crippen LogP contribution in [0.1, 0.15) is 13.8 Å². The van der Waals surface area contributed by atoms with Crippen molar-refractivity contribution < 1.29 is 4.84 Å². The van der Waals surface area contributed by atoms with E-state index in [2.05, 4.69) is 9.99 Å². The molecular weight excluding hydrogens is 102 g/mol. The standard InChI is InChI=1S/C4H5NO.C2H6/c1-2-4-6-5-3-1;1-2/h1-3H,4H2;1-2H3. The third kappa shape index (κ3) is 3.40. The minimum absolute atomic E-state index is 0.622. The van der Waals surface area contributed by atoms with Gasteiger partial charge in [-0.2, -0.15) is 0 Å². The highest BCUT2D eigenvalue weighted by atomic mass is 16.6. The molecule has 0 aromatic rings. The molecule has 0 aromatic carbocycles. The molecule has 0 saturated heterocycles. The predicted molar refractivity (Wildman–Crippen MR) is 34.9 cm³/mol. The quantitative estimate of drug-likeness (QED) is 0.467. The maximum absolute atomic E-state index is 4.55. The number of allylic oxidation sites excluding steroid dienone is 1. The zero-order chi connectivity index (χ0) is 6.24. The van der Waals surface area contributed by atoms with E-state index >= 15 is 0 Å². The van der Waals surface area contributed by atoms with E-state index in [9.17, 15) is 0 Å². The summed E-state index contributed by atoms with van der Waals surface area (Å²) in [4.78, 5) is 4.55. The van der Waals surface area contributed by atoms with Crippen LogP contribution in [0.5, 0.6) is 0 Å². The average molecular weight is 113 g/mol. The van der Waals surface area contributed by atoms with Crippen LogP contribution in [0.4, 0.5) is 0 Å². The lowest BCUT2D eigenvalue weighted by Crippen LogP contribution is -1.86. The van der Waals surface area contributed by atoms with Crippen molar-refractivity contribution in [1.82, 2.24) is 0 Å². The lowest BCUT2D eigenvalue weighted by Gasteiger charge is -1.92. The van der Waals surface area contributed by atoms with Crippen molar-refractivity contribution in [3.8, 4) is 0 Å². The summed E-state index contributed by atoms with van der Waals surface area (Å²) >= 11 is 0. The van der Waals surface area contributed by atoms with E-state index in [0.717, 1.165) is 0 Å². The molecule has 2 heteroatoms. The van der Waals surface area contributed by atoms with Crippen molar-refractivity contribution in [3.63, 3.8) is 0 Å². The summed E-state index contributed by atoms with van der Waals surface area (Å²) in [5.41, 5.74) is 0. The molecule has 0 aliphatic carbocycles. The van der Waals surface area contributed by atoms with Crippen molar-refractivity contribution >= 4 is 6.21 Å². The third-order valence-electron chi connectivity index (χ3n) is 0.528. The lowest BCUT2D eigenvalue weighted by molar-refractivity contribution is 0.173. The minimum Gasteiger partial charge on any atom is -0.392 e. The van der Waals surface area contributed by atoms with Gasteiger partial charge in [0.2, 0.25) is 0 Å². The van der Waals surface area contributed by atoms with Crippen molar-refractivity contribution in [2.24, 2.45) is 5.16 Å². The molecule has 1 heterocycles. The SMILES string of the molecule is C1=CCON=C1.CC. The molecule has 46 valence electrons. The largest absolute Gasteiger partial charge is 0.392 e. The van der Waals surface area contributed by atoms with E-state index in [-0.39, 0.29) is 0 Å². The Morgan fingerprint density at radius 2 is 2.25 bits per heavy atom. The zero-order valence-electron chi connectivity index (χ0n) is 5.29. The van der Waals surface area contributed by atoms with E-state index in [1.165, 1.54) is 0 Å². The Labute approximate surface area is 49.8 Å². The maximum Gasteiger partial charge on any atom is 0.135 e. The van der Waals surface area contributed by atoms with Gasteiger partial charge in [-0.05, 0) is 12.2 Å². The molecule has 0 saturated carbocycles. The van der Waals surface area contributed by atoms with Gasteiger partial charge in [-0.25, -0.2) is 0 Å². The van der Waals surface area contributed by atoms with Gasteiger partial charge < -0.3 is 4.84 Å². The van der Waals surface area contributed by atoms with Crippen LogP contribution in [0.2, 0.25) is 0 Å². The summed E-state index contributed by atoms with van der Waals surface area (Å²) in [5, 5.41) is 3.47. The molecule has 1 aliphatic heterocycles. The monoisotopic (exact) mass is 113 g/mol. The molecule has 0 fully saturated rings. The van der Waals surface area contributed by atoms with Crippen LogP contribution in [-0.2, 0) is 4.84 Å². The molecule has 0 unspecified atom stereocenters. The van der Waals surface area contributed by atoms with Gasteiger partial charge in [0.15, 0.2) is 0 Å². The number of oxime groups is 1. The Hall–Kier alpha value is -0.790. The molecule has 2 nitrogen and oxygen atoms in total. The van der Waals surface area contributed by atoms with Gasteiger partial charge in [0.1, 0.15) is 6.61 Å². The molecule has 0 aromatic heterocycles. The molecule has 0 bridgehead atoms. The Bertz CT molecular complexity index is 74.5. The van der Waals surface area contributed by atoms with Crippen LogP contribution in [0.25, 0.3) is 0 Å². The van der Waals surface area contributed by atoms with Gasteiger partial charge in [-0.1, -0.05) is 19.0 Å². The number of hydrogen-bond donors (Lipinski definition) is 0. The van der Waals surface area contributed by atoms with Crippen LogP contribution < -0.4 is 0 Å². The van der Waals surface area contributed by atoms with Crippen LogP contribution in [0, 0.1) is 0 Å². The van der Waals surface area contributed by atoms with E-state index in [1.54, 1.807) is 6.21 Å². The maximum atomic E-state index is 4.55. The first kappa shape index (κ1) is 7.21. The fourth-order valence-electron chi connectivity index (χ4n) is 0.281. The van der Waals surface area contributed by atoms with Gasteiger partial charge >= 0.3 is 0 Å². The molecule has 0 amide bonds. The fourth-order valence-corrected chi connectivity index (χ4v) is 0.281. The summed E-state index contributed by atoms with van der Waals surface area (Å²) in [7, 11) is 0. The molecule has 1 rings (SSSR count). The second-order valence-electron chi connectivity index (χ2n) is 0.978. The van der Waals surface area contributed by atoms with E-state index in [4.69, 9.17) is 0 Å². The normalized spacial score (nSPS) is 13.8. The van der Waals surface area contributed by atoms with Crippen molar-refractivity contribution in [3.05, 3.63) is 12.2 Å². The molecule has 0 radical (unpaired) electrons. The first-order chi connectivity index (χ1) is 4.00. The average Bonchev–Trinajstić information content (AvgIpc) is 1.96. The summed E-state index contributed by atoms with van der Waals surface area (Å²) in [6.07, 6.45) is 5.36. The van der Waals surface area contributed by atoms with Crippen LogP contribution in [0.15, 0.2) is 17.3 Å². The van der Waals surface area contributed by atoms with E-state index in [1.807, 2.05) is 26.0 Å². The molecular formula is C6H11NO. The Kier molecular flexibility index (Phi) is 5.60. The Balaban J connectivity index is 0.000000222. The van der Waals surface area contributed by atoms with Gasteiger partial charge in [-0.15, -0.1) is 0 Å². The molecule has 8 heavy (non-hydrogen) atoms. The summed E-state index contributed by atoms with van der Waals surface area (Å²) < 4.78 is 0. The smallest absolute Gasteiger partial charge is 0.135 e. The molecule has 1 aliphatic rings. The summed E-state index contributed by atoms with van der Waals surface area (Å²) in [6, 6.07) is 0. The van der Waals surface area contributed by atoms with Crippen molar-refractivity contribution in [2.75, 3.05) is 6.61 Å². The van der Waals surface area contributed by atoms with Crippen molar-refractivity contribution in [2.45, 2.75) is 13.8 Å². The van der Waals surface area contributed by atoms with Crippen LogP contribution in [-0.4, -0.2) is 12.8 Å². The first-order valence-electron chi connectivity index (χ1n) is 2.80. The Morgan fingerprint density at radius 1 is 1.50 bits per heavy atom. The molecule has 0 atom stereocenters. The fraction of sp³-hybridized carbons (Fsp3) is 0.500. The highest BCUT2D eigenvalue weighted by molar-refractivity contribution is 5.70. The van der Waals surface area contributed by atoms with Gasteiger partial charge in [-0.3, -0.25) is 0 Å². The first-order valence-corrected chi connectivity index (χ1v) is 2.80. The number of hydrogen-bond acceptors (Lipinski definition) is 2. The van der Waals surface area contributed by atoms with Gasteiger partial charge in [0.25, 0.3) is 0 Å². The van der Waals surface area contributed by atoms with Crippen LogP contribution in [0.3, 0.4) is 0 Å². The van der Waals surface area contributed by atoms with Crippen molar-refractivity contribution in [1.29, 1.82) is 0 Å². The minimum atomic E-state index is 0.622. The summed E-state index contributed by atoms with van der Waals surface area (Å²) in [6.45, 7) is 4.62.